The maximum atomic E-state index is 6.07. The van der Waals surface area contributed by atoms with Crippen molar-refractivity contribution in [2.24, 2.45) is 5.73 Å². The Hall–Kier alpha value is -1.98. The SMILES string of the molecule is CC(C)c1cccnc1CN(CCCCN)Cc1ncccc1N. The maximum absolute atomic E-state index is 6.07. The minimum absolute atomic E-state index is 0.458. The Bertz CT molecular complexity index is 627. The van der Waals surface area contributed by atoms with Crippen LogP contribution in [0.25, 0.3) is 0 Å². The number of rotatable bonds is 9. The summed E-state index contributed by atoms with van der Waals surface area (Å²) in [5.41, 5.74) is 15.8. The van der Waals surface area contributed by atoms with E-state index in [-0.39, 0.29) is 0 Å². The monoisotopic (exact) mass is 327 g/mol. The van der Waals surface area contributed by atoms with E-state index in [4.69, 9.17) is 11.5 Å². The molecule has 0 fully saturated rings. The summed E-state index contributed by atoms with van der Waals surface area (Å²) in [7, 11) is 0. The van der Waals surface area contributed by atoms with Gasteiger partial charge in [-0.05, 0) is 55.6 Å². The van der Waals surface area contributed by atoms with E-state index in [1.54, 1.807) is 6.20 Å². The van der Waals surface area contributed by atoms with Crippen LogP contribution in [0.15, 0.2) is 36.7 Å². The van der Waals surface area contributed by atoms with E-state index in [0.717, 1.165) is 56.1 Å². The molecule has 0 aliphatic carbocycles. The van der Waals surface area contributed by atoms with Gasteiger partial charge in [0.1, 0.15) is 0 Å². The van der Waals surface area contributed by atoms with E-state index in [9.17, 15) is 0 Å². The number of unbranched alkanes of at least 4 members (excludes halogenated alkanes) is 1. The van der Waals surface area contributed by atoms with Gasteiger partial charge < -0.3 is 11.5 Å². The number of nitrogens with two attached hydrogens (primary N) is 2. The predicted molar refractivity (Wildman–Crippen MR) is 99.4 cm³/mol. The molecule has 130 valence electrons. The van der Waals surface area contributed by atoms with Gasteiger partial charge in [0.2, 0.25) is 0 Å². The Kier molecular flexibility index (Phi) is 7.15. The van der Waals surface area contributed by atoms with Crippen LogP contribution in [-0.4, -0.2) is 28.0 Å². The normalized spacial score (nSPS) is 11.4. The van der Waals surface area contributed by atoms with Gasteiger partial charge in [-0.3, -0.25) is 14.9 Å². The summed E-state index contributed by atoms with van der Waals surface area (Å²) in [5.74, 6) is 0.458. The lowest BCUT2D eigenvalue weighted by atomic mass is 10.0. The van der Waals surface area contributed by atoms with Gasteiger partial charge in [0.25, 0.3) is 0 Å². The Morgan fingerprint density at radius 2 is 1.67 bits per heavy atom. The van der Waals surface area contributed by atoms with Gasteiger partial charge in [-0.1, -0.05) is 19.9 Å². The zero-order chi connectivity index (χ0) is 17.4. The molecular formula is C19H29N5. The van der Waals surface area contributed by atoms with E-state index in [0.29, 0.717) is 5.92 Å². The molecule has 2 heterocycles. The summed E-state index contributed by atoms with van der Waals surface area (Å²) in [4.78, 5) is 11.4. The Balaban J connectivity index is 2.15. The van der Waals surface area contributed by atoms with E-state index in [2.05, 4.69) is 34.8 Å². The van der Waals surface area contributed by atoms with Crippen molar-refractivity contribution in [1.29, 1.82) is 0 Å². The molecule has 0 radical (unpaired) electrons. The van der Waals surface area contributed by atoms with Crippen LogP contribution < -0.4 is 11.5 Å². The minimum atomic E-state index is 0.458. The molecule has 24 heavy (non-hydrogen) atoms. The third-order valence-electron chi connectivity index (χ3n) is 4.15. The molecule has 0 aliphatic rings. The standard InChI is InChI=1S/C19H29N5/c1-15(2)16-7-5-10-22-18(16)13-24(12-4-3-9-20)14-19-17(21)8-6-11-23-19/h5-8,10-11,15H,3-4,9,12-14,20-21H2,1-2H3. The lowest BCUT2D eigenvalue weighted by Crippen LogP contribution is -2.26. The molecule has 0 unspecified atom stereocenters. The molecule has 2 aromatic rings. The van der Waals surface area contributed by atoms with Crippen LogP contribution in [0.5, 0.6) is 0 Å². The summed E-state index contributed by atoms with van der Waals surface area (Å²) in [6.07, 6.45) is 5.75. The maximum Gasteiger partial charge on any atom is 0.0772 e. The molecule has 2 aromatic heterocycles. The minimum Gasteiger partial charge on any atom is -0.397 e. The van der Waals surface area contributed by atoms with Crippen LogP contribution in [-0.2, 0) is 13.1 Å². The zero-order valence-electron chi connectivity index (χ0n) is 14.8. The Labute approximate surface area is 145 Å². The van der Waals surface area contributed by atoms with E-state index in [1.165, 1.54) is 5.56 Å². The van der Waals surface area contributed by atoms with Crippen molar-refractivity contribution in [3.05, 3.63) is 53.6 Å². The molecule has 0 aliphatic heterocycles. The van der Waals surface area contributed by atoms with Crippen molar-refractivity contribution < 1.29 is 0 Å². The van der Waals surface area contributed by atoms with Crippen LogP contribution in [0.3, 0.4) is 0 Å². The second-order valence-electron chi connectivity index (χ2n) is 6.44. The van der Waals surface area contributed by atoms with Gasteiger partial charge in [-0.15, -0.1) is 0 Å². The van der Waals surface area contributed by atoms with Crippen LogP contribution in [0.1, 0.15) is 49.6 Å². The average Bonchev–Trinajstić information content (AvgIpc) is 2.57. The number of hydrogen-bond donors (Lipinski definition) is 2. The zero-order valence-corrected chi connectivity index (χ0v) is 14.8. The van der Waals surface area contributed by atoms with Crippen LogP contribution in [0.2, 0.25) is 0 Å². The molecule has 0 spiro atoms. The second kappa shape index (κ2) is 9.35. The van der Waals surface area contributed by atoms with Crippen molar-refractivity contribution in [2.75, 3.05) is 18.8 Å². The molecule has 0 aromatic carbocycles. The fourth-order valence-corrected chi connectivity index (χ4v) is 2.81. The first kappa shape index (κ1) is 18.4. The quantitative estimate of drug-likeness (QED) is 0.692. The van der Waals surface area contributed by atoms with Crippen LogP contribution in [0, 0.1) is 0 Å². The largest absolute Gasteiger partial charge is 0.397 e. The van der Waals surface area contributed by atoms with Gasteiger partial charge in [0.15, 0.2) is 0 Å². The molecule has 2 rings (SSSR count). The smallest absolute Gasteiger partial charge is 0.0772 e. The molecule has 4 N–H and O–H groups in total. The first-order chi connectivity index (χ1) is 11.6. The van der Waals surface area contributed by atoms with Crippen molar-refractivity contribution in [3.8, 4) is 0 Å². The van der Waals surface area contributed by atoms with Crippen LogP contribution in [0.4, 0.5) is 5.69 Å². The van der Waals surface area contributed by atoms with Crippen LogP contribution >= 0.6 is 0 Å². The lowest BCUT2D eigenvalue weighted by molar-refractivity contribution is 0.245. The number of nitrogens with zero attached hydrogens (tertiary/aromatic N) is 3. The van der Waals surface area contributed by atoms with Gasteiger partial charge >= 0.3 is 0 Å². The summed E-state index contributed by atoms with van der Waals surface area (Å²) >= 11 is 0. The molecular weight excluding hydrogens is 298 g/mol. The number of hydrogen-bond acceptors (Lipinski definition) is 5. The van der Waals surface area contributed by atoms with Gasteiger partial charge in [-0.2, -0.15) is 0 Å². The topological polar surface area (TPSA) is 81.1 Å². The lowest BCUT2D eigenvalue weighted by Gasteiger charge is -2.24. The molecule has 0 bridgehead atoms. The van der Waals surface area contributed by atoms with Crippen molar-refractivity contribution >= 4 is 5.69 Å². The highest BCUT2D eigenvalue weighted by molar-refractivity contribution is 5.41. The fourth-order valence-electron chi connectivity index (χ4n) is 2.81. The summed E-state index contributed by atoms with van der Waals surface area (Å²) in [6, 6.07) is 7.95. The van der Waals surface area contributed by atoms with Gasteiger partial charge in [-0.25, -0.2) is 0 Å². The van der Waals surface area contributed by atoms with Gasteiger partial charge in [0, 0.05) is 25.5 Å². The average molecular weight is 327 g/mol. The number of pyridine rings is 2. The molecule has 0 amide bonds. The van der Waals surface area contributed by atoms with Crippen molar-refractivity contribution in [1.82, 2.24) is 14.9 Å². The second-order valence-corrected chi connectivity index (χ2v) is 6.44. The van der Waals surface area contributed by atoms with Crippen molar-refractivity contribution in [3.63, 3.8) is 0 Å². The summed E-state index contributed by atoms with van der Waals surface area (Å²) in [5, 5.41) is 0. The highest BCUT2D eigenvalue weighted by Gasteiger charge is 2.14. The first-order valence-corrected chi connectivity index (χ1v) is 8.67. The molecule has 5 heteroatoms. The molecule has 5 nitrogen and oxygen atoms in total. The van der Waals surface area contributed by atoms with Crippen molar-refractivity contribution in [2.45, 2.75) is 45.7 Å². The summed E-state index contributed by atoms with van der Waals surface area (Å²) in [6.45, 7) is 7.62. The number of nitrogen functional groups attached to an aromatic ring is 1. The predicted octanol–water partition coefficient (Wildman–Crippen LogP) is 2.92. The third-order valence-corrected chi connectivity index (χ3v) is 4.15. The third kappa shape index (κ3) is 5.28. The molecule has 0 saturated heterocycles. The van der Waals surface area contributed by atoms with Gasteiger partial charge in [0.05, 0.1) is 17.1 Å². The Morgan fingerprint density at radius 3 is 2.33 bits per heavy atom. The highest BCUT2D eigenvalue weighted by Crippen LogP contribution is 2.20. The summed E-state index contributed by atoms with van der Waals surface area (Å²) < 4.78 is 0. The highest BCUT2D eigenvalue weighted by atomic mass is 15.1. The first-order valence-electron chi connectivity index (χ1n) is 8.67. The molecule has 0 atom stereocenters. The van der Waals surface area contributed by atoms with E-state index >= 15 is 0 Å². The van der Waals surface area contributed by atoms with E-state index < -0.39 is 0 Å². The number of anilines is 1. The molecule has 0 saturated carbocycles. The van der Waals surface area contributed by atoms with E-state index in [1.807, 2.05) is 24.4 Å². The number of aromatic nitrogens is 2. The Morgan fingerprint density at radius 1 is 1.00 bits per heavy atom. The fraction of sp³-hybridized carbons (Fsp3) is 0.474.